The fourth-order valence-electron chi connectivity index (χ4n) is 3.61. The maximum absolute atomic E-state index is 12.7. The molecule has 2 aromatic carbocycles. The highest BCUT2D eigenvalue weighted by molar-refractivity contribution is 6.32. The van der Waals surface area contributed by atoms with E-state index in [0.717, 1.165) is 17.5 Å². The number of nitrogens with zero attached hydrogens (tertiary/aromatic N) is 1. The van der Waals surface area contributed by atoms with Gasteiger partial charge in [-0.3, -0.25) is 0 Å². The Kier molecular flexibility index (Phi) is 5.58. The van der Waals surface area contributed by atoms with Crippen LogP contribution < -0.4 is 24.3 Å². The van der Waals surface area contributed by atoms with E-state index in [1.807, 2.05) is 18.2 Å². The second-order valence-electron chi connectivity index (χ2n) is 6.91. The summed E-state index contributed by atoms with van der Waals surface area (Å²) in [5, 5.41) is 3.45. The molecule has 8 heteroatoms. The molecule has 2 amide bonds. The SMILES string of the molecule is COc1cc2c(cc1OC)CN(C(=O)NCc1cc(Cl)c3c(c1)OCCO3)CC2. The van der Waals surface area contributed by atoms with Gasteiger partial charge in [0.15, 0.2) is 23.0 Å². The minimum Gasteiger partial charge on any atom is -0.493 e. The molecular weight excluding hydrogens is 396 g/mol. The van der Waals surface area contributed by atoms with Gasteiger partial charge in [0.05, 0.1) is 19.2 Å². The minimum atomic E-state index is -0.128. The van der Waals surface area contributed by atoms with Crippen LogP contribution in [-0.2, 0) is 19.5 Å². The smallest absolute Gasteiger partial charge is 0.317 e. The summed E-state index contributed by atoms with van der Waals surface area (Å²) in [6, 6.07) is 7.44. The number of hydrogen-bond acceptors (Lipinski definition) is 5. The minimum absolute atomic E-state index is 0.128. The van der Waals surface area contributed by atoms with Crippen molar-refractivity contribution in [2.24, 2.45) is 0 Å². The van der Waals surface area contributed by atoms with Gasteiger partial charge >= 0.3 is 6.03 Å². The van der Waals surface area contributed by atoms with Gasteiger partial charge in [-0.15, -0.1) is 0 Å². The zero-order chi connectivity index (χ0) is 20.4. The van der Waals surface area contributed by atoms with E-state index in [1.165, 1.54) is 5.56 Å². The number of urea groups is 1. The van der Waals surface area contributed by atoms with Crippen LogP contribution in [0.15, 0.2) is 24.3 Å². The monoisotopic (exact) mass is 418 g/mol. The first-order valence-corrected chi connectivity index (χ1v) is 9.81. The summed E-state index contributed by atoms with van der Waals surface area (Å²) in [6.07, 6.45) is 0.763. The molecule has 0 aromatic heterocycles. The molecule has 0 fully saturated rings. The van der Waals surface area contributed by atoms with Crippen LogP contribution in [0.3, 0.4) is 0 Å². The van der Waals surface area contributed by atoms with E-state index >= 15 is 0 Å². The van der Waals surface area contributed by atoms with Crippen molar-refractivity contribution in [2.75, 3.05) is 34.0 Å². The highest BCUT2D eigenvalue weighted by Gasteiger charge is 2.23. The van der Waals surface area contributed by atoms with Crippen LogP contribution in [-0.4, -0.2) is 44.9 Å². The topological polar surface area (TPSA) is 69.3 Å². The second-order valence-corrected chi connectivity index (χ2v) is 7.32. The molecule has 0 saturated heterocycles. The Bertz CT molecular complexity index is 934. The van der Waals surface area contributed by atoms with Gasteiger partial charge in [0.2, 0.25) is 0 Å². The van der Waals surface area contributed by atoms with Gasteiger partial charge in [-0.1, -0.05) is 11.6 Å². The second kappa shape index (κ2) is 8.29. The number of carbonyl (C=O) groups excluding carboxylic acids is 1. The number of rotatable bonds is 4. The normalized spacial score (nSPS) is 14.8. The zero-order valence-electron chi connectivity index (χ0n) is 16.4. The molecule has 4 rings (SSSR count). The van der Waals surface area contributed by atoms with Gasteiger partial charge in [0, 0.05) is 19.6 Å². The third kappa shape index (κ3) is 4.00. The lowest BCUT2D eigenvalue weighted by atomic mass is 9.99. The van der Waals surface area contributed by atoms with Crippen LogP contribution in [0.2, 0.25) is 5.02 Å². The van der Waals surface area contributed by atoms with Gasteiger partial charge in [-0.2, -0.15) is 0 Å². The van der Waals surface area contributed by atoms with Crippen molar-refractivity contribution in [2.45, 2.75) is 19.5 Å². The number of ether oxygens (including phenoxy) is 4. The summed E-state index contributed by atoms with van der Waals surface area (Å²) in [6.45, 7) is 2.47. The van der Waals surface area contributed by atoms with Crippen molar-refractivity contribution in [1.82, 2.24) is 10.2 Å². The first-order chi connectivity index (χ1) is 14.1. The Labute approximate surface area is 174 Å². The Morgan fingerprint density at radius 3 is 2.59 bits per heavy atom. The van der Waals surface area contributed by atoms with Crippen LogP contribution >= 0.6 is 11.6 Å². The summed E-state index contributed by atoms with van der Waals surface area (Å²) < 4.78 is 21.9. The van der Waals surface area contributed by atoms with E-state index in [0.29, 0.717) is 60.9 Å². The summed E-state index contributed by atoms with van der Waals surface area (Å²) in [4.78, 5) is 14.5. The summed E-state index contributed by atoms with van der Waals surface area (Å²) in [7, 11) is 3.23. The third-order valence-corrected chi connectivity index (χ3v) is 5.39. The van der Waals surface area contributed by atoms with Gasteiger partial charge in [-0.05, 0) is 47.4 Å². The fraction of sp³-hybridized carbons (Fsp3) is 0.381. The van der Waals surface area contributed by atoms with Crippen LogP contribution in [0, 0.1) is 0 Å². The average molecular weight is 419 g/mol. The molecule has 0 atom stereocenters. The molecule has 2 heterocycles. The van der Waals surface area contributed by atoms with E-state index in [-0.39, 0.29) is 6.03 Å². The van der Waals surface area contributed by atoms with Crippen molar-refractivity contribution >= 4 is 17.6 Å². The zero-order valence-corrected chi connectivity index (χ0v) is 17.2. The predicted molar refractivity (Wildman–Crippen MR) is 108 cm³/mol. The van der Waals surface area contributed by atoms with Gasteiger partial charge in [-0.25, -0.2) is 4.79 Å². The van der Waals surface area contributed by atoms with Gasteiger partial charge in [0.25, 0.3) is 0 Å². The molecule has 1 N–H and O–H groups in total. The molecule has 2 aromatic rings. The van der Waals surface area contributed by atoms with Crippen molar-refractivity contribution in [3.63, 3.8) is 0 Å². The lowest BCUT2D eigenvalue weighted by Gasteiger charge is -2.30. The molecule has 0 radical (unpaired) electrons. The summed E-state index contributed by atoms with van der Waals surface area (Å²) in [5.41, 5.74) is 3.09. The number of methoxy groups -OCH3 is 2. The van der Waals surface area contributed by atoms with E-state index < -0.39 is 0 Å². The Morgan fingerprint density at radius 2 is 1.83 bits per heavy atom. The molecule has 0 saturated carbocycles. The average Bonchev–Trinajstić information content (AvgIpc) is 2.76. The predicted octanol–water partition coefficient (Wildman–Crippen LogP) is 3.40. The summed E-state index contributed by atoms with van der Waals surface area (Å²) in [5.74, 6) is 2.55. The maximum atomic E-state index is 12.7. The fourth-order valence-corrected chi connectivity index (χ4v) is 3.90. The molecular formula is C21H23ClN2O5. The van der Waals surface area contributed by atoms with E-state index in [9.17, 15) is 4.79 Å². The van der Waals surface area contributed by atoms with Gasteiger partial charge < -0.3 is 29.2 Å². The molecule has 29 heavy (non-hydrogen) atoms. The van der Waals surface area contributed by atoms with Crippen molar-refractivity contribution in [3.8, 4) is 23.0 Å². The first kappa shape index (κ1) is 19.5. The third-order valence-electron chi connectivity index (χ3n) is 5.11. The van der Waals surface area contributed by atoms with Crippen LogP contribution in [0.25, 0.3) is 0 Å². The number of fused-ring (bicyclic) bond motifs is 2. The number of nitrogens with one attached hydrogen (secondary N) is 1. The van der Waals surface area contributed by atoms with Crippen molar-refractivity contribution < 1.29 is 23.7 Å². The molecule has 0 unspecified atom stereocenters. The highest BCUT2D eigenvalue weighted by Crippen LogP contribution is 2.38. The maximum Gasteiger partial charge on any atom is 0.317 e. The first-order valence-electron chi connectivity index (χ1n) is 9.43. The lowest BCUT2D eigenvalue weighted by molar-refractivity contribution is 0.171. The molecule has 2 aliphatic heterocycles. The largest absolute Gasteiger partial charge is 0.493 e. The standard InChI is InChI=1S/C21H23ClN2O5/c1-26-17-9-14-3-4-24(12-15(14)10-18(17)27-2)21(25)23-11-13-7-16(22)20-19(8-13)28-5-6-29-20/h7-10H,3-6,11-12H2,1-2H3,(H,23,25). The number of carbonyl (C=O) groups is 1. The number of halogens is 1. The van der Waals surface area contributed by atoms with Crippen molar-refractivity contribution in [1.29, 1.82) is 0 Å². The molecule has 154 valence electrons. The van der Waals surface area contributed by atoms with E-state index in [4.69, 9.17) is 30.5 Å². The Morgan fingerprint density at radius 1 is 1.10 bits per heavy atom. The molecule has 2 aliphatic rings. The van der Waals surface area contributed by atoms with E-state index in [1.54, 1.807) is 25.2 Å². The molecule has 0 bridgehead atoms. The molecule has 7 nitrogen and oxygen atoms in total. The van der Waals surface area contributed by atoms with Crippen LogP contribution in [0.4, 0.5) is 4.79 Å². The highest BCUT2D eigenvalue weighted by atomic mass is 35.5. The Hall–Kier alpha value is -2.80. The summed E-state index contributed by atoms with van der Waals surface area (Å²) >= 11 is 6.27. The number of benzene rings is 2. The number of amides is 2. The molecule has 0 aliphatic carbocycles. The quantitative estimate of drug-likeness (QED) is 0.824. The van der Waals surface area contributed by atoms with E-state index in [2.05, 4.69) is 5.32 Å². The van der Waals surface area contributed by atoms with Crippen LogP contribution in [0.1, 0.15) is 16.7 Å². The van der Waals surface area contributed by atoms with Gasteiger partial charge in [0.1, 0.15) is 13.2 Å². The molecule has 0 spiro atoms. The number of hydrogen-bond donors (Lipinski definition) is 1. The van der Waals surface area contributed by atoms with Crippen LogP contribution in [0.5, 0.6) is 23.0 Å². The Balaban J connectivity index is 1.42. The lowest BCUT2D eigenvalue weighted by Crippen LogP contribution is -2.42. The van der Waals surface area contributed by atoms with Crippen molar-refractivity contribution in [3.05, 3.63) is 46.0 Å².